The highest BCUT2D eigenvalue weighted by molar-refractivity contribution is 5.69. The Morgan fingerprint density at radius 1 is 1.55 bits per heavy atom. The van der Waals surface area contributed by atoms with Crippen molar-refractivity contribution in [3.63, 3.8) is 0 Å². The average Bonchev–Trinajstić information content (AvgIpc) is 2.93. The van der Waals surface area contributed by atoms with E-state index in [4.69, 9.17) is 9.47 Å². The van der Waals surface area contributed by atoms with Crippen molar-refractivity contribution >= 4 is 12.2 Å². The molecule has 2 aliphatic heterocycles. The van der Waals surface area contributed by atoms with Crippen molar-refractivity contribution in [3.05, 3.63) is 0 Å². The van der Waals surface area contributed by atoms with Gasteiger partial charge in [0.1, 0.15) is 5.60 Å². The highest BCUT2D eigenvalue weighted by Crippen LogP contribution is 2.26. The minimum atomic E-state index is -1.10. The number of alkyl carbamates (subject to hydrolysis) is 1. The summed E-state index contributed by atoms with van der Waals surface area (Å²) >= 11 is 0. The van der Waals surface area contributed by atoms with Gasteiger partial charge in [-0.15, -0.1) is 5.12 Å². The van der Waals surface area contributed by atoms with Crippen molar-refractivity contribution in [3.8, 4) is 0 Å². The summed E-state index contributed by atoms with van der Waals surface area (Å²) in [6.07, 6.45) is -2.95. The lowest BCUT2D eigenvalue weighted by atomic mass is 10.2. The molecule has 2 rings (SSSR count). The van der Waals surface area contributed by atoms with Gasteiger partial charge in [0.05, 0.1) is 6.61 Å². The van der Waals surface area contributed by atoms with Gasteiger partial charge in [-0.3, -0.25) is 4.90 Å². The number of aliphatic hydroxyl groups excluding tert-OH is 1. The molecule has 2 N–H and O–H groups in total. The fraction of sp³-hybridized carbons (Fsp3) is 0.846. The zero-order valence-electron chi connectivity index (χ0n) is 12.9. The quantitative estimate of drug-likeness (QED) is 0.741. The van der Waals surface area contributed by atoms with Crippen LogP contribution in [-0.4, -0.2) is 70.9 Å². The summed E-state index contributed by atoms with van der Waals surface area (Å²) in [6.45, 7) is 5.65. The molecular formula is C13H22FN3O5. The molecule has 9 heteroatoms. The van der Waals surface area contributed by atoms with E-state index < -0.39 is 36.7 Å². The van der Waals surface area contributed by atoms with E-state index in [1.54, 1.807) is 25.7 Å². The number of carbonyl (C=O) groups excluding carboxylic acids is 2. The van der Waals surface area contributed by atoms with Crippen LogP contribution in [0.25, 0.3) is 0 Å². The monoisotopic (exact) mass is 319 g/mol. The van der Waals surface area contributed by atoms with Crippen LogP contribution in [0.2, 0.25) is 0 Å². The van der Waals surface area contributed by atoms with Gasteiger partial charge in [0, 0.05) is 19.1 Å². The molecule has 0 bridgehead atoms. The Kier molecular flexibility index (Phi) is 4.76. The molecule has 126 valence electrons. The topological polar surface area (TPSA) is 91.3 Å². The lowest BCUT2D eigenvalue weighted by molar-refractivity contribution is -0.0389. The van der Waals surface area contributed by atoms with E-state index in [9.17, 15) is 19.2 Å². The molecule has 0 radical (unpaired) electrons. The number of nitrogens with one attached hydrogen (secondary N) is 1. The fourth-order valence-corrected chi connectivity index (χ4v) is 2.62. The number of rotatable bonds is 3. The summed E-state index contributed by atoms with van der Waals surface area (Å²) in [6, 6.07) is -0.210. The summed E-state index contributed by atoms with van der Waals surface area (Å²) in [5.74, 6) is 0. The highest BCUT2D eigenvalue weighted by Gasteiger charge is 2.47. The van der Waals surface area contributed by atoms with Gasteiger partial charge in [-0.05, 0) is 27.2 Å². The summed E-state index contributed by atoms with van der Waals surface area (Å²) in [4.78, 5) is 24.6. The van der Waals surface area contributed by atoms with Crippen molar-refractivity contribution in [2.75, 3.05) is 19.7 Å². The van der Waals surface area contributed by atoms with E-state index in [0.717, 1.165) is 0 Å². The van der Waals surface area contributed by atoms with Crippen LogP contribution in [-0.2, 0) is 9.47 Å². The molecule has 2 unspecified atom stereocenters. The molecule has 0 aromatic carbocycles. The van der Waals surface area contributed by atoms with Crippen LogP contribution in [0.3, 0.4) is 0 Å². The molecule has 2 aliphatic rings. The number of aliphatic hydroxyl groups is 1. The number of hydrogen-bond donors (Lipinski definition) is 2. The molecule has 0 spiro atoms. The van der Waals surface area contributed by atoms with Crippen LogP contribution in [0.5, 0.6) is 0 Å². The van der Waals surface area contributed by atoms with Crippen LogP contribution in [0, 0.1) is 0 Å². The second kappa shape index (κ2) is 6.25. The maximum absolute atomic E-state index is 13.8. The van der Waals surface area contributed by atoms with Gasteiger partial charge >= 0.3 is 12.2 Å². The van der Waals surface area contributed by atoms with Crippen molar-refractivity contribution in [2.45, 2.75) is 51.1 Å². The van der Waals surface area contributed by atoms with Crippen molar-refractivity contribution < 1.29 is 28.7 Å². The number of nitrogens with zero attached hydrogens (tertiary/aromatic N) is 2. The molecule has 0 aromatic rings. The Morgan fingerprint density at radius 3 is 2.82 bits per heavy atom. The van der Waals surface area contributed by atoms with Crippen LogP contribution in [0.1, 0.15) is 27.2 Å². The second-order valence-electron chi connectivity index (χ2n) is 6.46. The lowest BCUT2D eigenvalue weighted by Crippen LogP contribution is -2.49. The molecule has 2 saturated heterocycles. The van der Waals surface area contributed by atoms with Crippen LogP contribution < -0.4 is 5.32 Å². The SMILES string of the molecule is CC(C)(C)OC(=O)N[C@@H]1CCN(C2C(CO)OC(=O)N2F)C1. The number of hydrogen-bond acceptors (Lipinski definition) is 6. The summed E-state index contributed by atoms with van der Waals surface area (Å²) in [7, 11) is 0. The van der Waals surface area contributed by atoms with Crippen LogP contribution in [0.4, 0.5) is 14.1 Å². The lowest BCUT2D eigenvalue weighted by Gasteiger charge is -2.27. The molecule has 2 fully saturated rings. The minimum Gasteiger partial charge on any atom is -0.444 e. The average molecular weight is 319 g/mol. The molecule has 3 atom stereocenters. The highest BCUT2D eigenvalue weighted by atomic mass is 19.2. The Bertz CT molecular complexity index is 442. The number of amides is 2. The molecule has 0 aromatic heterocycles. The number of cyclic esters (lactones) is 1. The maximum Gasteiger partial charge on any atom is 0.440 e. The molecule has 0 saturated carbocycles. The standard InChI is InChI=1S/C13H22FN3O5/c1-13(2,3)22-11(19)15-8-4-5-16(6-8)10-9(7-18)21-12(20)17(10)14/h8-10,18H,4-7H2,1-3H3,(H,15,19)/t8-,9?,10?/m1/s1. The first kappa shape index (κ1) is 16.8. The smallest absolute Gasteiger partial charge is 0.440 e. The molecule has 2 amide bonds. The number of likely N-dealkylation sites (tertiary alicyclic amines) is 1. The van der Waals surface area contributed by atoms with E-state index in [1.807, 2.05) is 0 Å². The van der Waals surface area contributed by atoms with E-state index in [2.05, 4.69) is 5.32 Å². The van der Waals surface area contributed by atoms with E-state index in [-0.39, 0.29) is 11.2 Å². The molecule has 22 heavy (non-hydrogen) atoms. The van der Waals surface area contributed by atoms with Crippen molar-refractivity contribution in [1.82, 2.24) is 15.3 Å². The van der Waals surface area contributed by atoms with Crippen molar-refractivity contribution in [1.29, 1.82) is 0 Å². The van der Waals surface area contributed by atoms with E-state index >= 15 is 0 Å². The molecular weight excluding hydrogens is 297 g/mol. The van der Waals surface area contributed by atoms with E-state index in [1.165, 1.54) is 0 Å². The third-order valence-electron chi connectivity index (χ3n) is 3.49. The Balaban J connectivity index is 1.90. The molecule has 8 nitrogen and oxygen atoms in total. The Hall–Kier alpha value is -1.61. The third kappa shape index (κ3) is 3.77. The zero-order valence-corrected chi connectivity index (χ0v) is 12.9. The minimum absolute atomic E-state index is 0.0171. The number of ether oxygens (including phenoxy) is 2. The number of carbonyl (C=O) groups is 2. The predicted octanol–water partition coefficient (Wildman–Crippen LogP) is 0.609. The molecule has 0 aliphatic carbocycles. The Morgan fingerprint density at radius 2 is 2.23 bits per heavy atom. The maximum atomic E-state index is 13.8. The molecule has 2 heterocycles. The summed E-state index contributed by atoms with van der Waals surface area (Å²) in [5.41, 5.74) is -0.591. The first-order valence-electron chi connectivity index (χ1n) is 7.21. The van der Waals surface area contributed by atoms with Crippen molar-refractivity contribution in [2.24, 2.45) is 0 Å². The van der Waals surface area contributed by atoms with Gasteiger partial charge in [0.25, 0.3) is 0 Å². The van der Waals surface area contributed by atoms with Gasteiger partial charge in [0.15, 0.2) is 12.3 Å². The van der Waals surface area contributed by atoms with E-state index in [0.29, 0.717) is 19.5 Å². The second-order valence-corrected chi connectivity index (χ2v) is 6.46. The summed E-state index contributed by atoms with van der Waals surface area (Å²) in [5, 5.41) is 11.9. The first-order valence-corrected chi connectivity index (χ1v) is 7.21. The largest absolute Gasteiger partial charge is 0.444 e. The zero-order chi connectivity index (χ0) is 16.5. The van der Waals surface area contributed by atoms with Gasteiger partial charge < -0.3 is 19.9 Å². The Labute approximate surface area is 128 Å². The fourth-order valence-electron chi connectivity index (χ4n) is 2.62. The number of halogens is 1. The van der Waals surface area contributed by atoms with Gasteiger partial charge in [-0.2, -0.15) is 0 Å². The van der Waals surface area contributed by atoms with Gasteiger partial charge in [-0.25, -0.2) is 9.59 Å². The van der Waals surface area contributed by atoms with Gasteiger partial charge in [-0.1, -0.05) is 4.48 Å². The normalized spacial score (nSPS) is 29.6. The van der Waals surface area contributed by atoms with Crippen LogP contribution in [0.15, 0.2) is 0 Å². The van der Waals surface area contributed by atoms with Crippen LogP contribution >= 0.6 is 0 Å². The third-order valence-corrected chi connectivity index (χ3v) is 3.49. The first-order chi connectivity index (χ1) is 10.2. The summed E-state index contributed by atoms with van der Waals surface area (Å²) < 4.78 is 23.7. The predicted molar refractivity (Wildman–Crippen MR) is 73.4 cm³/mol. The van der Waals surface area contributed by atoms with Gasteiger partial charge in [0.2, 0.25) is 0 Å².